The zero-order valence-corrected chi connectivity index (χ0v) is 33.1. The van der Waals surface area contributed by atoms with Crippen LogP contribution in [-0.2, 0) is 23.9 Å². The van der Waals surface area contributed by atoms with E-state index in [2.05, 4.69) is 42.3 Å². The monoisotopic (exact) mass is 789 g/mol. The van der Waals surface area contributed by atoms with Gasteiger partial charge in [0, 0.05) is 51.9 Å². The van der Waals surface area contributed by atoms with Crippen LogP contribution < -0.4 is 0 Å². The number of thiophene rings is 1. The number of hydrogen-bond donors (Lipinski definition) is 3. The van der Waals surface area contributed by atoms with Crippen LogP contribution in [0.15, 0.2) is 95.9 Å². The van der Waals surface area contributed by atoms with E-state index in [-0.39, 0.29) is 29.4 Å². The molecule has 2 bridgehead atoms. The first-order valence-corrected chi connectivity index (χ1v) is 21.1. The van der Waals surface area contributed by atoms with E-state index < -0.39 is 51.6 Å². The van der Waals surface area contributed by atoms with Gasteiger partial charge in [-0.2, -0.15) is 13.2 Å². The molecule has 2 spiro atoms. The van der Waals surface area contributed by atoms with E-state index in [4.69, 9.17) is 4.74 Å². The number of Topliss-reactive ketones (excluding diaryl/α,β-unsaturated/α-hetero) is 1. The van der Waals surface area contributed by atoms with Crippen molar-refractivity contribution in [2.75, 3.05) is 26.2 Å². The second-order valence-electron chi connectivity index (χ2n) is 17.9. The van der Waals surface area contributed by atoms with Crippen LogP contribution in [0.25, 0.3) is 0 Å². The molecular formula is C46H54F3NO5S. The molecule has 6 aliphatic rings. The van der Waals surface area contributed by atoms with Crippen molar-refractivity contribution in [1.82, 2.24) is 4.90 Å². The molecule has 0 saturated heterocycles. The standard InChI is InChI=1S/C46H54F3NO5S/c1-41-17-13-34(51)25-43(41)20-21-45(37(26-43)40(53)32-10-6-11-33(24-32)46(47,48)49)38(41)14-18-42(2)39(45)15-19-44(42,54)30-50(22-16-36-12-7-23-56-36)27-35(52)29-55-28-31-8-4-3-5-9-31/h3-12,20-21,23-24,26,34-35,38-39,51-52,54H,13-19,22,25,27-30H2,1-2H3/t34?,35-,38-,39-,41-,42+,43+,44-,45-/m1/s1. The van der Waals surface area contributed by atoms with E-state index in [1.807, 2.05) is 42.5 Å². The number of aliphatic hydroxyl groups is 3. The molecule has 0 radical (unpaired) electrons. The van der Waals surface area contributed by atoms with Crippen LogP contribution >= 0.6 is 11.3 Å². The Morgan fingerprint density at radius 3 is 2.46 bits per heavy atom. The Bertz CT molecular complexity index is 1970. The number of nitrogens with zero attached hydrogens (tertiary/aromatic N) is 1. The van der Waals surface area contributed by atoms with Crippen molar-refractivity contribution in [2.45, 2.75) is 95.8 Å². The number of ketones is 1. The lowest BCUT2D eigenvalue weighted by Gasteiger charge is -2.71. The summed E-state index contributed by atoms with van der Waals surface area (Å²) in [5.74, 6) is -0.541. The van der Waals surface area contributed by atoms with Gasteiger partial charge in [0.05, 0.1) is 36.6 Å². The highest BCUT2D eigenvalue weighted by molar-refractivity contribution is 7.09. The summed E-state index contributed by atoms with van der Waals surface area (Å²) in [6.07, 6.45) is 5.81. The molecule has 3 fully saturated rings. The number of allylic oxidation sites excluding steroid dienone is 4. The first-order chi connectivity index (χ1) is 26.6. The maximum atomic E-state index is 14.9. The Morgan fingerprint density at radius 1 is 0.964 bits per heavy atom. The Kier molecular flexibility index (Phi) is 10.4. The smallest absolute Gasteiger partial charge is 0.393 e. The van der Waals surface area contributed by atoms with Crippen molar-refractivity contribution in [3.8, 4) is 0 Å². The molecule has 0 aliphatic heterocycles. The molecule has 2 aromatic carbocycles. The number of hydrogen-bond acceptors (Lipinski definition) is 7. The number of halogens is 3. The fourth-order valence-corrected chi connectivity index (χ4v) is 12.9. The number of rotatable bonds is 13. The van der Waals surface area contributed by atoms with Crippen LogP contribution in [0.1, 0.15) is 85.2 Å². The van der Waals surface area contributed by atoms with Gasteiger partial charge in [-0.15, -0.1) is 11.3 Å². The van der Waals surface area contributed by atoms with Crippen molar-refractivity contribution >= 4 is 17.1 Å². The largest absolute Gasteiger partial charge is 0.416 e. The Labute approximate surface area is 332 Å². The third-order valence-corrected chi connectivity index (χ3v) is 16.0. The summed E-state index contributed by atoms with van der Waals surface area (Å²) in [5.41, 5.74) is -2.75. The fourth-order valence-electron chi connectivity index (χ4n) is 12.2. The quantitative estimate of drug-likeness (QED) is 0.119. The maximum Gasteiger partial charge on any atom is 0.416 e. The highest BCUT2D eigenvalue weighted by Gasteiger charge is 2.74. The summed E-state index contributed by atoms with van der Waals surface area (Å²) in [4.78, 5) is 18.3. The van der Waals surface area contributed by atoms with Crippen LogP contribution in [0, 0.1) is 33.5 Å². The zero-order chi connectivity index (χ0) is 39.6. The average molecular weight is 790 g/mol. The van der Waals surface area contributed by atoms with Crippen molar-refractivity contribution in [3.05, 3.63) is 117 Å². The predicted octanol–water partition coefficient (Wildman–Crippen LogP) is 8.66. The third-order valence-electron chi connectivity index (χ3n) is 15.0. The first-order valence-electron chi connectivity index (χ1n) is 20.2. The summed E-state index contributed by atoms with van der Waals surface area (Å²) in [6.45, 7) is 6.28. The van der Waals surface area contributed by atoms with E-state index >= 15 is 0 Å². The lowest BCUT2D eigenvalue weighted by Crippen LogP contribution is -2.67. The van der Waals surface area contributed by atoms with Crippen LogP contribution in [0.5, 0.6) is 0 Å². The van der Waals surface area contributed by atoms with Gasteiger partial charge in [-0.1, -0.05) is 80.6 Å². The van der Waals surface area contributed by atoms with Gasteiger partial charge in [0.2, 0.25) is 0 Å². The Balaban J connectivity index is 1.12. The number of ether oxygens (including phenoxy) is 1. The topological polar surface area (TPSA) is 90.2 Å². The van der Waals surface area contributed by atoms with Crippen LogP contribution in [0.2, 0.25) is 0 Å². The number of aliphatic hydroxyl groups excluding tert-OH is 2. The van der Waals surface area contributed by atoms with Gasteiger partial charge in [-0.3, -0.25) is 9.69 Å². The summed E-state index contributed by atoms with van der Waals surface area (Å²) in [7, 11) is 0. The second-order valence-corrected chi connectivity index (χ2v) is 19.0. The Morgan fingerprint density at radius 2 is 1.71 bits per heavy atom. The van der Waals surface area contributed by atoms with Crippen LogP contribution in [0.4, 0.5) is 13.2 Å². The van der Waals surface area contributed by atoms with Gasteiger partial charge in [-0.25, -0.2) is 0 Å². The van der Waals surface area contributed by atoms with Gasteiger partial charge < -0.3 is 20.1 Å². The summed E-state index contributed by atoms with van der Waals surface area (Å²) in [5, 5.41) is 37.4. The minimum atomic E-state index is -4.59. The number of alkyl halides is 3. The lowest BCUT2D eigenvalue weighted by atomic mass is 9.32. The molecule has 6 nitrogen and oxygen atoms in total. The minimum Gasteiger partial charge on any atom is -0.393 e. The predicted molar refractivity (Wildman–Crippen MR) is 211 cm³/mol. The van der Waals surface area contributed by atoms with Gasteiger partial charge in [0.25, 0.3) is 0 Å². The molecule has 3 saturated carbocycles. The van der Waals surface area contributed by atoms with Gasteiger partial charge in [0.1, 0.15) is 0 Å². The van der Waals surface area contributed by atoms with Crippen LogP contribution in [-0.4, -0.2) is 70.1 Å². The number of fused-ring (bicyclic) bond motifs is 1. The molecular weight excluding hydrogens is 736 g/mol. The summed E-state index contributed by atoms with van der Waals surface area (Å²) < 4.78 is 47.8. The molecule has 1 unspecified atom stereocenters. The maximum absolute atomic E-state index is 14.9. The molecule has 1 aromatic heterocycles. The first kappa shape index (κ1) is 39.7. The van der Waals surface area contributed by atoms with Crippen molar-refractivity contribution < 1.29 is 38.0 Å². The average Bonchev–Trinajstić information content (AvgIpc) is 3.79. The molecule has 3 aromatic rings. The van der Waals surface area contributed by atoms with E-state index in [0.717, 1.165) is 43.4 Å². The van der Waals surface area contributed by atoms with E-state index in [9.17, 15) is 33.3 Å². The summed E-state index contributed by atoms with van der Waals surface area (Å²) in [6, 6.07) is 18.7. The molecule has 56 heavy (non-hydrogen) atoms. The van der Waals surface area contributed by atoms with Crippen molar-refractivity contribution in [1.29, 1.82) is 0 Å². The minimum absolute atomic E-state index is 0.0124. The SMILES string of the molecule is C[C@]12CC[C@H]3[C@]4(C=C[C@@]5(C=C4C(=O)c4cccc(C(F)(F)F)c4)CC(O)CC[C@]35C)[C@@H]1CC[C@@]2(O)CN(CCc1cccs1)C[C@@H](O)COCc1ccccc1. The molecule has 1 heterocycles. The number of benzene rings is 2. The van der Waals surface area contributed by atoms with Crippen molar-refractivity contribution in [2.24, 2.45) is 33.5 Å². The van der Waals surface area contributed by atoms with Crippen molar-refractivity contribution in [3.63, 3.8) is 0 Å². The fraction of sp³-hybridized carbons (Fsp3) is 0.543. The third kappa shape index (κ3) is 6.56. The normalized spacial score (nSPS) is 35.2. The molecule has 9 atom stereocenters. The molecule has 10 heteroatoms. The van der Waals surface area contributed by atoms with E-state index in [1.165, 1.54) is 17.0 Å². The zero-order valence-electron chi connectivity index (χ0n) is 32.3. The highest BCUT2D eigenvalue weighted by Crippen LogP contribution is 2.78. The van der Waals surface area contributed by atoms with Gasteiger partial charge >= 0.3 is 6.18 Å². The van der Waals surface area contributed by atoms with Crippen LogP contribution in [0.3, 0.4) is 0 Å². The summed E-state index contributed by atoms with van der Waals surface area (Å²) >= 11 is 1.69. The number of carbonyl (C=O) groups excluding carboxylic acids is 1. The molecule has 9 rings (SSSR count). The molecule has 300 valence electrons. The van der Waals surface area contributed by atoms with E-state index in [1.54, 1.807) is 11.3 Å². The Hall–Kier alpha value is -3.12. The van der Waals surface area contributed by atoms with E-state index in [0.29, 0.717) is 57.5 Å². The molecule has 0 amide bonds. The van der Waals surface area contributed by atoms with Gasteiger partial charge in [-0.05, 0) is 97.8 Å². The molecule has 6 aliphatic carbocycles. The highest BCUT2D eigenvalue weighted by atomic mass is 32.1. The lowest BCUT2D eigenvalue weighted by molar-refractivity contribution is -0.177. The second kappa shape index (κ2) is 14.6. The number of carbonyl (C=O) groups is 1. The van der Waals surface area contributed by atoms with Gasteiger partial charge in [0.15, 0.2) is 5.78 Å². The molecule has 3 N–H and O–H groups in total.